The van der Waals surface area contributed by atoms with Crippen LogP contribution in [0.15, 0.2) is 27.6 Å². The highest BCUT2D eigenvalue weighted by molar-refractivity contribution is 9.10. The number of anilines is 1. The van der Waals surface area contributed by atoms with E-state index in [1.807, 2.05) is 18.2 Å². The SMILES string of the molecule is CS(=O)c1ccc(Br)c(NC2CCOCC2)c1. The van der Waals surface area contributed by atoms with Gasteiger partial charge in [-0.3, -0.25) is 4.21 Å². The third-order valence-electron chi connectivity index (χ3n) is 2.85. The van der Waals surface area contributed by atoms with Crippen LogP contribution in [0.25, 0.3) is 0 Å². The van der Waals surface area contributed by atoms with Gasteiger partial charge >= 0.3 is 0 Å². The van der Waals surface area contributed by atoms with Crippen molar-refractivity contribution < 1.29 is 8.95 Å². The molecule has 1 atom stereocenters. The molecule has 1 aliphatic rings. The van der Waals surface area contributed by atoms with E-state index < -0.39 is 10.8 Å². The highest BCUT2D eigenvalue weighted by Crippen LogP contribution is 2.27. The van der Waals surface area contributed by atoms with E-state index in [-0.39, 0.29) is 0 Å². The van der Waals surface area contributed by atoms with Gasteiger partial charge in [0.25, 0.3) is 0 Å². The second kappa shape index (κ2) is 5.98. The van der Waals surface area contributed by atoms with Crippen LogP contribution in [0, 0.1) is 0 Å². The monoisotopic (exact) mass is 317 g/mol. The molecule has 1 N–H and O–H groups in total. The second-order valence-corrected chi connectivity index (χ2v) is 6.36. The molecule has 3 nitrogen and oxygen atoms in total. The zero-order chi connectivity index (χ0) is 12.3. The second-order valence-electron chi connectivity index (χ2n) is 4.13. The number of nitrogens with one attached hydrogen (secondary N) is 1. The Bertz CT molecular complexity index is 419. The molecule has 0 aliphatic carbocycles. The summed E-state index contributed by atoms with van der Waals surface area (Å²) in [5, 5.41) is 3.48. The number of ether oxygens (including phenoxy) is 1. The van der Waals surface area contributed by atoms with Crippen LogP contribution >= 0.6 is 15.9 Å². The minimum atomic E-state index is -0.940. The predicted octanol–water partition coefficient (Wildman–Crippen LogP) is 2.78. The molecule has 1 aromatic carbocycles. The third kappa shape index (κ3) is 3.53. The lowest BCUT2D eigenvalue weighted by atomic mass is 10.1. The number of benzene rings is 1. The molecule has 1 unspecified atom stereocenters. The lowest BCUT2D eigenvalue weighted by Crippen LogP contribution is -2.28. The van der Waals surface area contributed by atoms with Crippen LogP contribution in [-0.2, 0) is 15.5 Å². The first-order valence-electron chi connectivity index (χ1n) is 5.64. The van der Waals surface area contributed by atoms with Crippen LogP contribution in [-0.4, -0.2) is 29.7 Å². The van der Waals surface area contributed by atoms with Gasteiger partial charge in [0, 0.05) is 51.4 Å². The first-order valence-corrected chi connectivity index (χ1v) is 7.99. The molecule has 5 heteroatoms. The van der Waals surface area contributed by atoms with Crippen molar-refractivity contribution >= 4 is 32.4 Å². The highest BCUT2D eigenvalue weighted by Gasteiger charge is 2.15. The van der Waals surface area contributed by atoms with E-state index in [0.717, 1.165) is 41.1 Å². The van der Waals surface area contributed by atoms with Crippen molar-refractivity contribution in [3.8, 4) is 0 Å². The molecule has 0 saturated carbocycles. The van der Waals surface area contributed by atoms with Crippen LogP contribution < -0.4 is 5.32 Å². The van der Waals surface area contributed by atoms with Crippen molar-refractivity contribution in [2.24, 2.45) is 0 Å². The summed E-state index contributed by atoms with van der Waals surface area (Å²) in [5.74, 6) is 0. The fraction of sp³-hybridized carbons (Fsp3) is 0.500. The van der Waals surface area contributed by atoms with Crippen LogP contribution in [0.5, 0.6) is 0 Å². The van der Waals surface area contributed by atoms with Crippen molar-refractivity contribution in [1.29, 1.82) is 0 Å². The molecule has 0 bridgehead atoms. The first-order chi connectivity index (χ1) is 8.16. The van der Waals surface area contributed by atoms with Crippen molar-refractivity contribution in [3.05, 3.63) is 22.7 Å². The maximum Gasteiger partial charge on any atom is 0.0498 e. The Kier molecular flexibility index (Phi) is 4.59. The third-order valence-corrected chi connectivity index (χ3v) is 4.46. The van der Waals surface area contributed by atoms with Gasteiger partial charge in [0.2, 0.25) is 0 Å². The molecule has 2 rings (SSSR count). The molecular weight excluding hydrogens is 302 g/mol. The molecule has 0 radical (unpaired) electrons. The molecule has 1 heterocycles. The Morgan fingerprint density at radius 2 is 2.12 bits per heavy atom. The minimum absolute atomic E-state index is 0.445. The van der Waals surface area contributed by atoms with Gasteiger partial charge < -0.3 is 10.1 Å². The van der Waals surface area contributed by atoms with Gasteiger partial charge in [-0.05, 0) is 47.0 Å². The Morgan fingerprint density at radius 3 is 2.76 bits per heavy atom. The Morgan fingerprint density at radius 1 is 1.41 bits per heavy atom. The van der Waals surface area contributed by atoms with E-state index >= 15 is 0 Å². The van der Waals surface area contributed by atoms with Gasteiger partial charge in [0.05, 0.1) is 0 Å². The average molecular weight is 318 g/mol. The Labute approximate surface area is 113 Å². The summed E-state index contributed by atoms with van der Waals surface area (Å²) in [7, 11) is -0.940. The lowest BCUT2D eigenvalue weighted by Gasteiger charge is -2.24. The molecule has 17 heavy (non-hydrogen) atoms. The molecule has 0 amide bonds. The number of halogens is 1. The fourth-order valence-electron chi connectivity index (χ4n) is 1.86. The molecule has 1 aliphatic heterocycles. The summed E-state index contributed by atoms with van der Waals surface area (Å²) in [6, 6.07) is 6.23. The van der Waals surface area contributed by atoms with Crippen molar-refractivity contribution in [3.63, 3.8) is 0 Å². The molecule has 0 aromatic heterocycles. The smallest absolute Gasteiger partial charge is 0.0498 e. The van der Waals surface area contributed by atoms with Crippen LogP contribution in [0.2, 0.25) is 0 Å². The molecule has 1 fully saturated rings. The van der Waals surface area contributed by atoms with E-state index in [0.29, 0.717) is 6.04 Å². The maximum absolute atomic E-state index is 11.4. The maximum atomic E-state index is 11.4. The Hall–Kier alpha value is -0.390. The summed E-state index contributed by atoms with van der Waals surface area (Å²) < 4.78 is 17.8. The summed E-state index contributed by atoms with van der Waals surface area (Å²) in [6.45, 7) is 1.63. The molecule has 0 spiro atoms. The number of hydrogen-bond donors (Lipinski definition) is 1. The van der Waals surface area contributed by atoms with Gasteiger partial charge in [0.1, 0.15) is 0 Å². The van der Waals surface area contributed by atoms with Gasteiger partial charge in [-0.15, -0.1) is 0 Å². The lowest BCUT2D eigenvalue weighted by molar-refractivity contribution is 0.0904. The molecular formula is C12H16BrNO2S. The van der Waals surface area contributed by atoms with E-state index in [1.54, 1.807) is 6.26 Å². The van der Waals surface area contributed by atoms with E-state index in [4.69, 9.17) is 4.74 Å². The number of rotatable bonds is 3. The zero-order valence-corrected chi connectivity index (χ0v) is 12.1. The topological polar surface area (TPSA) is 38.3 Å². The van der Waals surface area contributed by atoms with E-state index in [2.05, 4.69) is 21.2 Å². The molecule has 94 valence electrons. The molecule has 1 aromatic rings. The highest BCUT2D eigenvalue weighted by atomic mass is 79.9. The van der Waals surface area contributed by atoms with Gasteiger partial charge in [0.15, 0.2) is 0 Å². The normalized spacial score (nSPS) is 18.9. The molecule has 1 saturated heterocycles. The van der Waals surface area contributed by atoms with Crippen molar-refractivity contribution in [2.45, 2.75) is 23.8 Å². The van der Waals surface area contributed by atoms with Crippen LogP contribution in [0.4, 0.5) is 5.69 Å². The quantitative estimate of drug-likeness (QED) is 0.931. The zero-order valence-electron chi connectivity index (χ0n) is 9.74. The van der Waals surface area contributed by atoms with Crippen LogP contribution in [0.3, 0.4) is 0 Å². The van der Waals surface area contributed by atoms with Gasteiger partial charge in [-0.1, -0.05) is 0 Å². The van der Waals surface area contributed by atoms with Gasteiger partial charge in [-0.2, -0.15) is 0 Å². The Balaban J connectivity index is 2.13. The van der Waals surface area contributed by atoms with E-state index in [9.17, 15) is 4.21 Å². The standard InChI is InChI=1S/C12H16BrNO2S/c1-17(15)10-2-3-11(13)12(8-10)14-9-4-6-16-7-5-9/h2-3,8-9,14H,4-7H2,1H3. The predicted molar refractivity (Wildman–Crippen MR) is 73.9 cm³/mol. The van der Waals surface area contributed by atoms with Crippen molar-refractivity contribution in [1.82, 2.24) is 0 Å². The van der Waals surface area contributed by atoms with Crippen molar-refractivity contribution in [2.75, 3.05) is 24.8 Å². The van der Waals surface area contributed by atoms with Gasteiger partial charge in [-0.25, -0.2) is 0 Å². The average Bonchev–Trinajstić information content (AvgIpc) is 2.33. The number of hydrogen-bond acceptors (Lipinski definition) is 3. The minimum Gasteiger partial charge on any atom is -0.381 e. The largest absolute Gasteiger partial charge is 0.381 e. The first kappa shape index (κ1) is 13.1. The summed E-state index contributed by atoms with van der Waals surface area (Å²) in [5.41, 5.74) is 1.02. The van der Waals surface area contributed by atoms with E-state index in [1.165, 1.54) is 0 Å². The summed E-state index contributed by atoms with van der Waals surface area (Å²) in [6.07, 6.45) is 3.74. The van der Waals surface area contributed by atoms with Crippen LogP contribution in [0.1, 0.15) is 12.8 Å². The summed E-state index contributed by atoms with van der Waals surface area (Å²) >= 11 is 3.51. The summed E-state index contributed by atoms with van der Waals surface area (Å²) in [4.78, 5) is 0.850. The fourth-order valence-corrected chi connectivity index (χ4v) is 2.76.